The molecular formula is C24H30ClN3O. The fourth-order valence-corrected chi connectivity index (χ4v) is 5.24. The number of amides is 1. The number of hydrogen-bond donors (Lipinski definition) is 2. The molecule has 0 bridgehead atoms. The Balaban J connectivity index is 1.49. The monoisotopic (exact) mass is 411 g/mol. The average Bonchev–Trinajstić information content (AvgIpc) is 3.02. The van der Waals surface area contributed by atoms with E-state index in [9.17, 15) is 4.79 Å². The van der Waals surface area contributed by atoms with E-state index in [-0.39, 0.29) is 5.91 Å². The van der Waals surface area contributed by atoms with Crippen LogP contribution in [-0.2, 0) is 17.8 Å². The Kier molecular flexibility index (Phi) is 6.23. The van der Waals surface area contributed by atoms with E-state index in [4.69, 9.17) is 11.6 Å². The molecule has 2 aliphatic heterocycles. The van der Waals surface area contributed by atoms with Crippen LogP contribution >= 0.6 is 11.6 Å². The Bertz CT molecular complexity index is 843. The first-order valence-corrected chi connectivity index (χ1v) is 11.0. The van der Waals surface area contributed by atoms with Gasteiger partial charge in [0.25, 0.3) is 0 Å². The number of carbonyl (C=O) groups is 1. The van der Waals surface area contributed by atoms with Crippen molar-refractivity contribution in [1.82, 2.24) is 15.5 Å². The predicted molar refractivity (Wildman–Crippen MR) is 118 cm³/mol. The zero-order valence-corrected chi connectivity index (χ0v) is 17.8. The number of carbonyl (C=O) groups excluding carboxylic acids is 1. The van der Waals surface area contributed by atoms with Crippen molar-refractivity contribution in [3.8, 4) is 0 Å². The number of fused-ring (bicyclic) bond motifs is 1. The van der Waals surface area contributed by atoms with Crippen molar-refractivity contribution in [2.75, 3.05) is 19.6 Å². The molecule has 3 atom stereocenters. The molecule has 2 heterocycles. The first kappa shape index (κ1) is 20.4. The maximum absolute atomic E-state index is 13.4. The summed E-state index contributed by atoms with van der Waals surface area (Å²) in [6.45, 7) is 5.54. The molecular weight excluding hydrogens is 382 g/mol. The van der Waals surface area contributed by atoms with E-state index >= 15 is 0 Å². The lowest BCUT2D eigenvalue weighted by atomic mass is 9.89. The van der Waals surface area contributed by atoms with Gasteiger partial charge in [-0.3, -0.25) is 9.69 Å². The molecule has 2 aromatic rings. The van der Waals surface area contributed by atoms with Crippen LogP contribution in [-0.4, -0.2) is 42.0 Å². The van der Waals surface area contributed by atoms with E-state index in [1.807, 2.05) is 36.4 Å². The molecule has 0 aliphatic carbocycles. The summed E-state index contributed by atoms with van der Waals surface area (Å²) < 4.78 is 0. The van der Waals surface area contributed by atoms with E-state index in [1.54, 1.807) is 0 Å². The summed E-state index contributed by atoms with van der Waals surface area (Å²) in [4.78, 5) is 15.8. The van der Waals surface area contributed by atoms with Crippen LogP contribution in [0.25, 0.3) is 0 Å². The quantitative estimate of drug-likeness (QED) is 0.762. The second-order valence-corrected chi connectivity index (χ2v) is 8.98. The Labute approximate surface area is 178 Å². The zero-order chi connectivity index (χ0) is 20.3. The van der Waals surface area contributed by atoms with Crippen molar-refractivity contribution in [1.29, 1.82) is 0 Å². The molecule has 0 spiro atoms. The molecule has 2 N–H and O–H groups in total. The predicted octanol–water partition coefficient (Wildman–Crippen LogP) is 3.64. The van der Waals surface area contributed by atoms with Crippen LogP contribution in [0.5, 0.6) is 0 Å². The first-order valence-electron chi connectivity index (χ1n) is 10.6. The van der Waals surface area contributed by atoms with Crippen molar-refractivity contribution in [3.63, 3.8) is 0 Å². The Morgan fingerprint density at radius 1 is 1.21 bits per heavy atom. The topological polar surface area (TPSA) is 44.4 Å². The maximum atomic E-state index is 13.4. The van der Waals surface area contributed by atoms with Gasteiger partial charge in [0.15, 0.2) is 0 Å². The minimum atomic E-state index is -0.500. The minimum Gasteiger partial charge on any atom is -0.354 e. The number of nitrogens with one attached hydrogen (secondary N) is 2. The van der Waals surface area contributed by atoms with Gasteiger partial charge in [-0.15, -0.1) is 0 Å². The number of rotatable bonds is 6. The van der Waals surface area contributed by atoms with Gasteiger partial charge in [0.1, 0.15) is 0 Å². The summed E-state index contributed by atoms with van der Waals surface area (Å²) in [6.07, 6.45) is 2.83. The molecule has 0 aromatic heterocycles. The SMILES string of the molecule is C[C@]1(C(=O)NCCc2ccccc2)C[C@H]2CNCC[C@H]2N1Cc1cccc(Cl)c1. The van der Waals surface area contributed by atoms with E-state index in [0.29, 0.717) is 18.5 Å². The van der Waals surface area contributed by atoms with Crippen LogP contribution in [0.3, 0.4) is 0 Å². The highest BCUT2D eigenvalue weighted by Crippen LogP contribution is 2.42. The molecule has 0 saturated carbocycles. The van der Waals surface area contributed by atoms with Gasteiger partial charge in [-0.2, -0.15) is 0 Å². The molecule has 2 aromatic carbocycles. The summed E-state index contributed by atoms with van der Waals surface area (Å²) in [7, 11) is 0. The van der Waals surface area contributed by atoms with Gasteiger partial charge in [0, 0.05) is 24.2 Å². The van der Waals surface area contributed by atoms with E-state index in [1.165, 1.54) is 11.1 Å². The summed E-state index contributed by atoms with van der Waals surface area (Å²) in [5.74, 6) is 0.651. The van der Waals surface area contributed by atoms with Gasteiger partial charge in [-0.25, -0.2) is 0 Å². The standard InChI is InChI=1S/C24H30ClN3O/c1-24(23(29)27-13-10-18-6-3-2-4-7-18)15-20-16-26-12-11-22(20)28(24)17-19-8-5-9-21(25)14-19/h2-9,14,20,22,26H,10-13,15-17H2,1H3,(H,27,29)/t20-,22+,24+/m0/s1. The van der Waals surface area contributed by atoms with Crippen LogP contribution in [0.4, 0.5) is 0 Å². The van der Waals surface area contributed by atoms with Crippen LogP contribution in [0.15, 0.2) is 54.6 Å². The fourth-order valence-electron chi connectivity index (χ4n) is 5.02. The summed E-state index contributed by atoms with van der Waals surface area (Å²) >= 11 is 6.22. The normalized spacial score (nSPS) is 26.8. The molecule has 4 rings (SSSR count). The lowest BCUT2D eigenvalue weighted by Gasteiger charge is -2.38. The molecule has 2 saturated heterocycles. The Hall–Kier alpha value is -1.88. The van der Waals surface area contributed by atoms with Gasteiger partial charge in [-0.1, -0.05) is 54.1 Å². The summed E-state index contributed by atoms with van der Waals surface area (Å²) in [6, 6.07) is 18.8. The van der Waals surface area contributed by atoms with E-state index in [2.05, 4.69) is 40.7 Å². The molecule has 2 fully saturated rings. The molecule has 1 amide bonds. The second-order valence-electron chi connectivity index (χ2n) is 8.55. The first-order chi connectivity index (χ1) is 14.1. The second kappa shape index (κ2) is 8.86. The van der Waals surface area contributed by atoms with Crippen LogP contribution in [0, 0.1) is 5.92 Å². The molecule has 154 valence electrons. The average molecular weight is 412 g/mol. The molecule has 0 unspecified atom stereocenters. The van der Waals surface area contributed by atoms with Crippen molar-refractivity contribution in [2.45, 2.75) is 44.3 Å². The van der Waals surface area contributed by atoms with Crippen LogP contribution < -0.4 is 10.6 Å². The molecule has 5 heteroatoms. The number of likely N-dealkylation sites (tertiary alicyclic amines) is 1. The Morgan fingerprint density at radius 2 is 2.00 bits per heavy atom. The van der Waals surface area contributed by atoms with Crippen molar-refractivity contribution in [2.24, 2.45) is 5.92 Å². The summed E-state index contributed by atoms with van der Waals surface area (Å²) in [5, 5.41) is 7.48. The zero-order valence-electron chi connectivity index (χ0n) is 17.0. The smallest absolute Gasteiger partial charge is 0.240 e. The Morgan fingerprint density at radius 3 is 2.79 bits per heavy atom. The van der Waals surface area contributed by atoms with E-state index < -0.39 is 5.54 Å². The highest BCUT2D eigenvalue weighted by molar-refractivity contribution is 6.30. The third kappa shape index (κ3) is 4.50. The third-order valence-electron chi connectivity index (χ3n) is 6.53. The van der Waals surface area contributed by atoms with E-state index in [0.717, 1.165) is 43.9 Å². The number of hydrogen-bond acceptors (Lipinski definition) is 3. The lowest BCUT2D eigenvalue weighted by Crippen LogP contribution is -2.55. The third-order valence-corrected chi connectivity index (χ3v) is 6.77. The number of nitrogens with zero attached hydrogens (tertiary/aromatic N) is 1. The van der Waals surface area contributed by atoms with Gasteiger partial charge in [0.05, 0.1) is 5.54 Å². The molecule has 2 aliphatic rings. The summed E-state index contributed by atoms with van der Waals surface area (Å²) in [5.41, 5.74) is 1.92. The van der Waals surface area contributed by atoms with Crippen molar-refractivity contribution < 1.29 is 4.79 Å². The number of halogens is 1. The molecule has 0 radical (unpaired) electrons. The molecule has 29 heavy (non-hydrogen) atoms. The van der Waals surface area contributed by atoms with Gasteiger partial charge in [0.2, 0.25) is 5.91 Å². The van der Waals surface area contributed by atoms with Crippen LogP contribution in [0.2, 0.25) is 5.02 Å². The molecule has 4 nitrogen and oxygen atoms in total. The largest absolute Gasteiger partial charge is 0.354 e. The van der Waals surface area contributed by atoms with Gasteiger partial charge >= 0.3 is 0 Å². The van der Waals surface area contributed by atoms with Crippen molar-refractivity contribution >= 4 is 17.5 Å². The van der Waals surface area contributed by atoms with Crippen LogP contribution in [0.1, 0.15) is 30.9 Å². The number of benzene rings is 2. The maximum Gasteiger partial charge on any atom is 0.240 e. The number of piperidine rings is 1. The lowest BCUT2D eigenvalue weighted by molar-refractivity contribution is -0.132. The fraction of sp³-hybridized carbons (Fsp3) is 0.458. The highest BCUT2D eigenvalue weighted by atomic mass is 35.5. The van der Waals surface area contributed by atoms with Gasteiger partial charge < -0.3 is 10.6 Å². The van der Waals surface area contributed by atoms with Crippen molar-refractivity contribution in [3.05, 3.63) is 70.7 Å². The highest BCUT2D eigenvalue weighted by Gasteiger charge is 2.53. The minimum absolute atomic E-state index is 0.143. The van der Waals surface area contributed by atoms with Gasteiger partial charge in [-0.05, 0) is 68.5 Å².